The third-order valence-electron chi connectivity index (χ3n) is 4.51. The molecule has 2 atom stereocenters. The molecule has 0 aliphatic carbocycles. The second kappa shape index (κ2) is 7.07. The molecule has 0 unspecified atom stereocenters. The van der Waals surface area contributed by atoms with Crippen LogP contribution in [0.2, 0.25) is 0 Å². The first-order chi connectivity index (χ1) is 9.93. The van der Waals surface area contributed by atoms with E-state index in [1.165, 1.54) is 10.6 Å². The maximum absolute atomic E-state index is 12.2. The zero-order chi connectivity index (χ0) is 15.5. The van der Waals surface area contributed by atoms with Gasteiger partial charge < -0.3 is 9.64 Å². The van der Waals surface area contributed by atoms with Gasteiger partial charge in [0.2, 0.25) is 15.9 Å². The summed E-state index contributed by atoms with van der Waals surface area (Å²) in [6.45, 7) is 2.21. The molecule has 7 heteroatoms. The molecule has 0 bridgehead atoms. The van der Waals surface area contributed by atoms with Gasteiger partial charge in [0.25, 0.3) is 0 Å². The summed E-state index contributed by atoms with van der Waals surface area (Å²) >= 11 is 0. The number of nitrogens with zero attached hydrogens (tertiary/aromatic N) is 2. The van der Waals surface area contributed by atoms with Gasteiger partial charge in [-0.2, -0.15) is 4.31 Å². The van der Waals surface area contributed by atoms with E-state index in [0.717, 1.165) is 38.8 Å². The van der Waals surface area contributed by atoms with E-state index < -0.39 is 10.0 Å². The maximum atomic E-state index is 12.2. The molecule has 0 saturated carbocycles. The van der Waals surface area contributed by atoms with Crippen molar-refractivity contribution in [3.63, 3.8) is 0 Å². The highest BCUT2D eigenvalue weighted by Gasteiger charge is 2.36. The van der Waals surface area contributed by atoms with E-state index in [1.54, 1.807) is 7.11 Å². The Balaban J connectivity index is 1.99. The van der Waals surface area contributed by atoms with E-state index in [4.69, 9.17) is 4.74 Å². The number of hydrogen-bond donors (Lipinski definition) is 0. The van der Waals surface area contributed by atoms with Gasteiger partial charge in [-0.05, 0) is 32.1 Å². The van der Waals surface area contributed by atoms with Gasteiger partial charge >= 0.3 is 0 Å². The quantitative estimate of drug-likeness (QED) is 0.753. The number of piperidine rings is 1. The van der Waals surface area contributed by atoms with Crippen molar-refractivity contribution in [1.82, 2.24) is 9.21 Å². The average Bonchev–Trinajstić information content (AvgIpc) is 2.97. The fourth-order valence-electron chi connectivity index (χ4n) is 3.40. The van der Waals surface area contributed by atoms with Gasteiger partial charge in [-0.15, -0.1) is 0 Å². The van der Waals surface area contributed by atoms with Crippen molar-refractivity contribution in [1.29, 1.82) is 0 Å². The highest BCUT2D eigenvalue weighted by Crippen LogP contribution is 2.26. The third kappa shape index (κ3) is 4.17. The fourth-order valence-corrected chi connectivity index (χ4v) is 4.60. The van der Waals surface area contributed by atoms with Crippen molar-refractivity contribution < 1.29 is 17.9 Å². The number of likely N-dealkylation sites (tertiary alicyclic amines) is 1. The molecule has 0 aromatic carbocycles. The number of methoxy groups -OCH3 is 1. The van der Waals surface area contributed by atoms with Crippen LogP contribution in [0, 0.1) is 0 Å². The SMILES string of the molecule is CO[C@H]1CCCN(S(C)(=O)=O)[C@H]1CCC(=O)N1CCCC1. The highest BCUT2D eigenvalue weighted by atomic mass is 32.2. The predicted octanol–water partition coefficient (Wildman–Crippen LogP) is 0.828. The van der Waals surface area contributed by atoms with Gasteiger partial charge in [0, 0.05) is 33.2 Å². The second-order valence-corrected chi connectivity index (χ2v) is 7.92. The summed E-state index contributed by atoms with van der Waals surface area (Å²) in [7, 11) is -1.64. The first-order valence-corrected chi connectivity index (χ1v) is 9.55. The summed E-state index contributed by atoms with van der Waals surface area (Å²) in [6.07, 6.45) is 5.88. The molecule has 2 saturated heterocycles. The Morgan fingerprint density at radius 2 is 1.86 bits per heavy atom. The van der Waals surface area contributed by atoms with Crippen LogP contribution in [0.25, 0.3) is 0 Å². The molecule has 21 heavy (non-hydrogen) atoms. The molecule has 0 aromatic rings. The molecule has 0 spiro atoms. The molecule has 0 N–H and O–H groups in total. The average molecular weight is 318 g/mol. The minimum absolute atomic E-state index is 0.111. The molecule has 6 nitrogen and oxygen atoms in total. The first-order valence-electron chi connectivity index (χ1n) is 7.71. The van der Waals surface area contributed by atoms with Crippen molar-refractivity contribution in [2.45, 2.75) is 50.7 Å². The lowest BCUT2D eigenvalue weighted by molar-refractivity contribution is -0.130. The van der Waals surface area contributed by atoms with Crippen LogP contribution >= 0.6 is 0 Å². The standard InChI is InChI=1S/C14H26N2O4S/c1-20-13-6-5-11-16(21(2,18)19)12(13)7-8-14(17)15-9-3-4-10-15/h12-13H,3-11H2,1-2H3/t12-,13-/m0/s1. The van der Waals surface area contributed by atoms with E-state index in [9.17, 15) is 13.2 Å². The number of carbonyl (C=O) groups is 1. The summed E-state index contributed by atoms with van der Waals surface area (Å²) < 4.78 is 30.8. The second-order valence-electron chi connectivity index (χ2n) is 5.98. The lowest BCUT2D eigenvalue weighted by atomic mass is 9.97. The van der Waals surface area contributed by atoms with Crippen LogP contribution in [0.5, 0.6) is 0 Å². The minimum Gasteiger partial charge on any atom is -0.380 e. The van der Waals surface area contributed by atoms with Crippen molar-refractivity contribution in [3.8, 4) is 0 Å². The van der Waals surface area contributed by atoms with E-state index in [2.05, 4.69) is 0 Å². The lowest BCUT2D eigenvalue weighted by Crippen LogP contribution is -2.51. The van der Waals surface area contributed by atoms with Crippen LogP contribution in [0.1, 0.15) is 38.5 Å². The Kier molecular flexibility index (Phi) is 5.62. The Labute approximate surface area is 127 Å². The Bertz CT molecular complexity index is 460. The predicted molar refractivity (Wildman–Crippen MR) is 80.4 cm³/mol. The van der Waals surface area contributed by atoms with Gasteiger partial charge in [0.1, 0.15) is 0 Å². The van der Waals surface area contributed by atoms with E-state index in [1.807, 2.05) is 4.90 Å². The molecule has 1 amide bonds. The molecule has 2 aliphatic rings. The Hall–Kier alpha value is -0.660. The van der Waals surface area contributed by atoms with Crippen LogP contribution in [-0.4, -0.2) is 68.7 Å². The topological polar surface area (TPSA) is 66.9 Å². The third-order valence-corrected chi connectivity index (χ3v) is 5.81. The monoisotopic (exact) mass is 318 g/mol. The van der Waals surface area contributed by atoms with Gasteiger partial charge in [-0.1, -0.05) is 0 Å². The molecule has 2 aliphatic heterocycles. The van der Waals surface area contributed by atoms with Crippen LogP contribution in [0.15, 0.2) is 0 Å². The molecule has 0 aromatic heterocycles. The summed E-state index contributed by atoms with van der Waals surface area (Å²) in [6, 6.07) is -0.217. The van der Waals surface area contributed by atoms with Crippen molar-refractivity contribution in [2.24, 2.45) is 0 Å². The van der Waals surface area contributed by atoms with Crippen molar-refractivity contribution >= 4 is 15.9 Å². The van der Waals surface area contributed by atoms with Crippen molar-refractivity contribution in [2.75, 3.05) is 33.0 Å². The van der Waals surface area contributed by atoms with Crippen LogP contribution in [0.3, 0.4) is 0 Å². The smallest absolute Gasteiger partial charge is 0.222 e. The summed E-state index contributed by atoms with van der Waals surface area (Å²) in [4.78, 5) is 14.0. The van der Waals surface area contributed by atoms with Crippen LogP contribution in [0.4, 0.5) is 0 Å². The largest absolute Gasteiger partial charge is 0.380 e. The Morgan fingerprint density at radius 3 is 2.43 bits per heavy atom. The fraction of sp³-hybridized carbons (Fsp3) is 0.929. The maximum Gasteiger partial charge on any atom is 0.222 e. The number of hydrogen-bond acceptors (Lipinski definition) is 4. The van der Waals surface area contributed by atoms with E-state index in [-0.39, 0.29) is 18.1 Å². The number of rotatable bonds is 5. The van der Waals surface area contributed by atoms with E-state index in [0.29, 0.717) is 19.4 Å². The zero-order valence-electron chi connectivity index (χ0n) is 13.0. The van der Waals surface area contributed by atoms with Gasteiger partial charge in [0.05, 0.1) is 18.4 Å². The molecule has 0 radical (unpaired) electrons. The van der Waals surface area contributed by atoms with Gasteiger partial charge in [-0.3, -0.25) is 4.79 Å². The highest BCUT2D eigenvalue weighted by molar-refractivity contribution is 7.88. The van der Waals surface area contributed by atoms with Gasteiger partial charge in [0.15, 0.2) is 0 Å². The summed E-state index contributed by atoms with van der Waals surface area (Å²) in [5.74, 6) is 0.140. The van der Waals surface area contributed by atoms with Crippen LogP contribution in [-0.2, 0) is 19.6 Å². The molecule has 2 heterocycles. The summed E-state index contributed by atoms with van der Waals surface area (Å²) in [5, 5.41) is 0. The van der Waals surface area contributed by atoms with Crippen LogP contribution < -0.4 is 0 Å². The molecule has 122 valence electrons. The molecular weight excluding hydrogens is 292 g/mol. The molecule has 2 rings (SSSR count). The van der Waals surface area contributed by atoms with Gasteiger partial charge in [-0.25, -0.2) is 8.42 Å². The molecule has 2 fully saturated rings. The summed E-state index contributed by atoms with van der Waals surface area (Å²) in [5.41, 5.74) is 0. The van der Waals surface area contributed by atoms with Crippen molar-refractivity contribution in [3.05, 3.63) is 0 Å². The first kappa shape index (κ1) is 16.7. The zero-order valence-corrected chi connectivity index (χ0v) is 13.8. The lowest BCUT2D eigenvalue weighted by Gasteiger charge is -2.39. The number of ether oxygens (including phenoxy) is 1. The number of carbonyl (C=O) groups excluding carboxylic acids is 1. The van der Waals surface area contributed by atoms with E-state index >= 15 is 0 Å². The minimum atomic E-state index is -3.26. The Morgan fingerprint density at radius 1 is 1.19 bits per heavy atom. The normalized spacial score (nSPS) is 28.0. The molecular formula is C14H26N2O4S. The number of amides is 1. The number of sulfonamides is 1.